The van der Waals surface area contributed by atoms with E-state index in [9.17, 15) is 9.59 Å². The number of carbonyl (C=O) groups is 2. The van der Waals surface area contributed by atoms with Crippen LogP contribution < -0.4 is 10.6 Å². The van der Waals surface area contributed by atoms with E-state index in [1.807, 2.05) is 18.2 Å². The smallest absolute Gasteiger partial charge is 0.412 e. The van der Waals surface area contributed by atoms with Gasteiger partial charge in [-0.15, -0.1) is 0 Å². The molecule has 0 aliphatic rings. The lowest BCUT2D eigenvalue weighted by atomic mass is 10.1. The van der Waals surface area contributed by atoms with E-state index in [4.69, 9.17) is 4.74 Å². The van der Waals surface area contributed by atoms with E-state index in [2.05, 4.69) is 23.8 Å². The third-order valence-corrected chi connectivity index (χ3v) is 3.01. The van der Waals surface area contributed by atoms with E-state index in [1.165, 1.54) is 0 Å². The van der Waals surface area contributed by atoms with Gasteiger partial charge < -0.3 is 10.1 Å². The van der Waals surface area contributed by atoms with Gasteiger partial charge in [-0.05, 0) is 57.0 Å². The van der Waals surface area contributed by atoms with Crippen LogP contribution in [-0.2, 0) is 16.0 Å². The van der Waals surface area contributed by atoms with Gasteiger partial charge in [0.1, 0.15) is 5.60 Å². The molecule has 5 heteroatoms. The van der Waals surface area contributed by atoms with Crippen LogP contribution in [-0.4, -0.2) is 17.6 Å². The zero-order chi connectivity index (χ0) is 18.9. The van der Waals surface area contributed by atoms with Crippen LogP contribution in [0.25, 0.3) is 0 Å². The lowest BCUT2D eigenvalue weighted by molar-refractivity contribution is -0.120. The van der Waals surface area contributed by atoms with Gasteiger partial charge in [0.15, 0.2) is 0 Å². The zero-order valence-corrected chi connectivity index (χ0v) is 15.1. The maximum atomic E-state index is 12.0. The molecule has 134 valence electrons. The molecule has 1 aromatic carbocycles. The minimum absolute atomic E-state index is 0.112. The number of nitrogens with one attached hydrogen (secondary N) is 2. The standard InChI is InChI=1S/C20H26N2O3/c1-6-9-16(7-2)21-18(23)13-12-15-10-8-11-17(14-15)22-19(24)25-20(3,4)5/h6-11,14H,1-2,12-13H2,3-5H3,(H,21,23)(H,22,24)/b16-9+. The van der Waals surface area contributed by atoms with Crippen LogP contribution in [0, 0.1) is 0 Å². The summed E-state index contributed by atoms with van der Waals surface area (Å²) in [5.74, 6) is -0.112. The molecular formula is C20H26N2O3. The summed E-state index contributed by atoms with van der Waals surface area (Å²) in [5.41, 5.74) is 1.63. The molecule has 0 fully saturated rings. The van der Waals surface area contributed by atoms with E-state index in [0.717, 1.165) is 5.56 Å². The first-order chi connectivity index (χ1) is 11.7. The number of anilines is 1. The van der Waals surface area contributed by atoms with Gasteiger partial charge in [0.05, 0.1) is 0 Å². The number of benzene rings is 1. The molecule has 0 aliphatic carbocycles. The van der Waals surface area contributed by atoms with Crippen LogP contribution in [0.3, 0.4) is 0 Å². The molecule has 0 saturated carbocycles. The Bertz CT molecular complexity index is 670. The van der Waals surface area contributed by atoms with E-state index in [1.54, 1.807) is 45.1 Å². The number of aryl methyl sites for hydroxylation is 1. The van der Waals surface area contributed by atoms with Crippen molar-refractivity contribution in [2.45, 2.75) is 39.2 Å². The van der Waals surface area contributed by atoms with Crippen LogP contribution in [0.15, 0.2) is 61.3 Å². The molecular weight excluding hydrogens is 316 g/mol. The Morgan fingerprint density at radius 2 is 1.96 bits per heavy atom. The van der Waals surface area contributed by atoms with Crippen molar-refractivity contribution in [3.63, 3.8) is 0 Å². The van der Waals surface area contributed by atoms with Crippen molar-refractivity contribution < 1.29 is 14.3 Å². The number of amides is 2. The number of ether oxygens (including phenoxy) is 1. The molecule has 1 rings (SSSR count). The fourth-order valence-corrected chi connectivity index (χ4v) is 2.00. The highest BCUT2D eigenvalue weighted by atomic mass is 16.6. The number of hydrogen-bond donors (Lipinski definition) is 2. The highest BCUT2D eigenvalue weighted by Crippen LogP contribution is 2.15. The highest BCUT2D eigenvalue weighted by Gasteiger charge is 2.16. The van der Waals surface area contributed by atoms with E-state index in [-0.39, 0.29) is 5.91 Å². The Morgan fingerprint density at radius 3 is 2.56 bits per heavy atom. The van der Waals surface area contributed by atoms with Crippen molar-refractivity contribution in [1.82, 2.24) is 5.32 Å². The average molecular weight is 342 g/mol. The Hall–Kier alpha value is -2.82. The molecule has 0 aliphatic heterocycles. The van der Waals surface area contributed by atoms with Crippen LogP contribution in [0.4, 0.5) is 10.5 Å². The lowest BCUT2D eigenvalue weighted by Gasteiger charge is -2.19. The number of hydrogen-bond acceptors (Lipinski definition) is 3. The molecule has 1 aromatic rings. The van der Waals surface area contributed by atoms with E-state index in [0.29, 0.717) is 24.2 Å². The second-order valence-corrected chi connectivity index (χ2v) is 6.44. The van der Waals surface area contributed by atoms with E-state index >= 15 is 0 Å². The topological polar surface area (TPSA) is 67.4 Å². The van der Waals surface area contributed by atoms with E-state index < -0.39 is 11.7 Å². The predicted octanol–water partition coefficient (Wildman–Crippen LogP) is 4.34. The van der Waals surface area contributed by atoms with Crippen molar-refractivity contribution in [3.8, 4) is 0 Å². The quantitative estimate of drug-likeness (QED) is 0.724. The number of allylic oxidation sites excluding steroid dienone is 3. The Kier molecular flexibility index (Phi) is 7.66. The summed E-state index contributed by atoms with van der Waals surface area (Å²) in [6, 6.07) is 7.33. The third kappa shape index (κ3) is 8.55. The van der Waals surface area contributed by atoms with Gasteiger partial charge in [0.25, 0.3) is 0 Å². The highest BCUT2D eigenvalue weighted by molar-refractivity contribution is 5.85. The minimum Gasteiger partial charge on any atom is -0.444 e. The maximum Gasteiger partial charge on any atom is 0.412 e. The largest absolute Gasteiger partial charge is 0.444 e. The summed E-state index contributed by atoms with van der Waals surface area (Å²) in [6.45, 7) is 12.6. The van der Waals surface area contributed by atoms with Gasteiger partial charge >= 0.3 is 6.09 Å². The van der Waals surface area contributed by atoms with Crippen molar-refractivity contribution in [1.29, 1.82) is 0 Å². The van der Waals surface area contributed by atoms with Crippen LogP contribution in [0.5, 0.6) is 0 Å². The van der Waals surface area contributed by atoms with Gasteiger partial charge in [-0.25, -0.2) is 4.79 Å². The lowest BCUT2D eigenvalue weighted by Crippen LogP contribution is -2.27. The molecule has 2 N–H and O–H groups in total. The fourth-order valence-electron chi connectivity index (χ4n) is 2.00. The first-order valence-electron chi connectivity index (χ1n) is 8.07. The van der Waals surface area contributed by atoms with Crippen molar-refractivity contribution >= 4 is 17.7 Å². The van der Waals surface area contributed by atoms with Gasteiger partial charge in [0, 0.05) is 17.8 Å². The van der Waals surface area contributed by atoms with Gasteiger partial charge in [0.2, 0.25) is 5.91 Å². The van der Waals surface area contributed by atoms with Gasteiger partial charge in [-0.1, -0.05) is 31.4 Å². The molecule has 0 saturated heterocycles. The van der Waals surface area contributed by atoms with Gasteiger partial charge in [-0.3, -0.25) is 10.1 Å². The first kappa shape index (κ1) is 20.2. The van der Waals surface area contributed by atoms with Crippen molar-refractivity contribution in [3.05, 3.63) is 66.9 Å². The zero-order valence-electron chi connectivity index (χ0n) is 15.1. The first-order valence-corrected chi connectivity index (χ1v) is 8.07. The molecule has 5 nitrogen and oxygen atoms in total. The summed E-state index contributed by atoms with van der Waals surface area (Å²) in [6.07, 6.45) is 5.18. The number of carbonyl (C=O) groups excluding carboxylic acids is 2. The SMILES string of the molecule is C=C/C=C(\C=C)NC(=O)CCc1cccc(NC(=O)OC(C)(C)C)c1. The molecule has 0 radical (unpaired) electrons. The summed E-state index contributed by atoms with van der Waals surface area (Å²) in [7, 11) is 0. The molecule has 0 aromatic heterocycles. The molecule has 0 unspecified atom stereocenters. The second-order valence-electron chi connectivity index (χ2n) is 6.44. The van der Waals surface area contributed by atoms with Gasteiger partial charge in [-0.2, -0.15) is 0 Å². The predicted molar refractivity (Wildman–Crippen MR) is 101 cm³/mol. The summed E-state index contributed by atoms with van der Waals surface area (Å²) in [5, 5.41) is 5.44. The molecule has 25 heavy (non-hydrogen) atoms. The number of rotatable bonds is 7. The maximum absolute atomic E-state index is 12.0. The average Bonchev–Trinajstić information content (AvgIpc) is 2.51. The van der Waals surface area contributed by atoms with Crippen LogP contribution >= 0.6 is 0 Å². The molecule has 0 atom stereocenters. The summed E-state index contributed by atoms with van der Waals surface area (Å²) >= 11 is 0. The third-order valence-electron chi connectivity index (χ3n) is 3.01. The Morgan fingerprint density at radius 1 is 1.24 bits per heavy atom. The minimum atomic E-state index is -0.554. The Balaban J connectivity index is 2.59. The molecule has 0 spiro atoms. The van der Waals surface area contributed by atoms with Crippen molar-refractivity contribution in [2.75, 3.05) is 5.32 Å². The fraction of sp³-hybridized carbons (Fsp3) is 0.300. The molecule has 0 bridgehead atoms. The monoisotopic (exact) mass is 342 g/mol. The summed E-state index contributed by atoms with van der Waals surface area (Å²) < 4.78 is 5.22. The van der Waals surface area contributed by atoms with Crippen molar-refractivity contribution in [2.24, 2.45) is 0 Å². The van der Waals surface area contributed by atoms with Crippen LogP contribution in [0.2, 0.25) is 0 Å². The summed E-state index contributed by atoms with van der Waals surface area (Å²) in [4.78, 5) is 23.8. The molecule has 0 heterocycles. The van der Waals surface area contributed by atoms with Crippen LogP contribution in [0.1, 0.15) is 32.8 Å². The second kappa shape index (κ2) is 9.47. The normalized spacial score (nSPS) is 11.4. The Labute approximate surface area is 149 Å². The molecule has 2 amide bonds.